The van der Waals surface area contributed by atoms with E-state index in [-0.39, 0.29) is 5.56 Å². The van der Waals surface area contributed by atoms with Crippen molar-refractivity contribution in [2.75, 3.05) is 42.3 Å². The maximum Gasteiger partial charge on any atom is 0.226 e. The molecule has 1 saturated heterocycles. The molecule has 1 aromatic heterocycles. The topological polar surface area (TPSA) is 68.1 Å². The van der Waals surface area contributed by atoms with Gasteiger partial charge in [0.2, 0.25) is 5.95 Å². The van der Waals surface area contributed by atoms with Crippen LogP contribution in [0, 0.1) is 17.1 Å². The number of piperidine rings is 1. The molecule has 130 valence electrons. The van der Waals surface area contributed by atoms with E-state index in [1.165, 1.54) is 6.07 Å². The van der Waals surface area contributed by atoms with Crippen molar-refractivity contribution in [1.29, 1.82) is 5.26 Å². The standard InChI is InChI=1S/C18H21FN6/c1-24(2)18-21-9-6-17(23-18)22-13-7-10-25(11-8-13)16-5-3-4-15(19)14(16)12-20/h3-6,9,13H,7-8,10-11H2,1-2H3,(H,21,22,23). The van der Waals surface area contributed by atoms with Gasteiger partial charge in [-0.15, -0.1) is 0 Å². The summed E-state index contributed by atoms with van der Waals surface area (Å²) < 4.78 is 13.8. The molecule has 0 amide bonds. The number of hydrogen-bond donors (Lipinski definition) is 1. The van der Waals surface area contributed by atoms with E-state index in [0.29, 0.717) is 17.7 Å². The Morgan fingerprint density at radius 3 is 2.72 bits per heavy atom. The second kappa shape index (κ2) is 7.34. The van der Waals surface area contributed by atoms with E-state index in [1.807, 2.05) is 37.2 Å². The zero-order valence-corrected chi connectivity index (χ0v) is 14.4. The largest absolute Gasteiger partial charge is 0.370 e. The van der Waals surface area contributed by atoms with Crippen molar-refractivity contribution in [3.8, 4) is 6.07 Å². The van der Waals surface area contributed by atoms with Gasteiger partial charge in [0.15, 0.2) is 0 Å². The highest BCUT2D eigenvalue weighted by Gasteiger charge is 2.22. The van der Waals surface area contributed by atoms with Gasteiger partial charge in [-0.05, 0) is 31.0 Å². The molecule has 1 aliphatic heterocycles. The van der Waals surface area contributed by atoms with Gasteiger partial charge in [0.25, 0.3) is 0 Å². The summed E-state index contributed by atoms with van der Waals surface area (Å²) in [6.07, 6.45) is 3.52. The number of halogens is 1. The zero-order chi connectivity index (χ0) is 17.8. The quantitative estimate of drug-likeness (QED) is 0.923. The number of anilines is 3. The van der Waals surface area contributed by atoms with Crippen molar-refractivity contribution < 1.29 is 4.39 Å². The summed E-state index contributed by atoms with van der Waals surface area (Å²) in [4.78, 5) is 12.6. The van der Waals surface area contributed by atoms with Crippen LogP contribution in [-0.2, 0) is 0 Å². The van der Waals surface area contributed by atoms with Crippen molar-refractivity contribution >= 4 is 17.5 Å². The van der Waals surface area contributed by atoms with Crippen molar-refractivity contribution in [2.45, 2.75) is 18.9 Å². The lowest BCUT2D eigenvalue weighted by Crippen LogP contribution is -2.39. The lowest BCUT2D eigenvalue weighted by atomic mass is 10.0. The average molecular weight is 340 g/mol. The maximum atomic E-state index is 13.8. The van der Waals surface area contributed by atoms with Crippen LogP contribution in [0.2, 0.25) is 0 Å². The molecule has 6 nitrogen and oxygen atoms in total. The van der Waals surface area contributed by atoms with Crippen molar-refractivity contribution in [3.63, 3.8) is 0 Å². The number of benzene rings is 1. The summed E-state index contributed by atoms with van der Waals surface area (Å²) in [5.41, 5.74) is 0.804. The zero-order valence-electron chi connectivity index (χ0n) is 14.4. The minimum absolute atomic E-state index is 0.125. The minimum Gasteiger partial charge on any atom is -0.370 e. The number of nitrogens with zero attached hydrogens (tertiary/aromatic N) is 5. The Bertz CT molecular complexity index is 777. The van der Waals surface area contributed by atoms with Crippen LogP contribution in [0.5, 0.6) is 0 Å². The molecule has 1 aliphatic rings. The highest BCUT2D eigenvalue weighted by Crippen LogP contribution is 2.26. The molecular weight excluding hydrogens is 319 g/mol. The van der Waals surface area contributed by atoms with Crippen LogP contribution in [0.4, 0.5) is 21.8 Å². The third kappa shape index (κ3) is 3.79. The summed E-state index contributed by atoms with van der Waals surface area (Å²) in [7, 11) is 3.81. The molecule has 25 heavy (non-hydrogen) atoms. The SMILES string of the molecule is CN(C)c1nccc(NC2CCN(c3cccc(F)c3C#N)CC2)n1. The van der Waals surface area contributed by atoms with E-state index in [0.717, 1.165) is 31.7 Å². The molecule has 7 heteroatoms. The van der Waals surface area contributed by atoms with Gasteiger partial charge in [-0.2, -0.15) is 10.2 Å². The first kappa shape index (κ1) is 17.0. The van der Waals surface area contributed by atoms with E-state index in [4.69, 9.17) is 0 Å². The fourth-order valence-corrected chi connectivity index (χ4v) is 3.01. The van der Waals surface area contributed by atoms with E-state index >= 15 is 0 Å². The number of rotatable bonds is 4. The third-order valence-corrected chi connectivity index (χ3v) is 4.33. The Morgan fingerprint density at radius 2 is 2.04 bits per heavy atom. The highest BCUT2D eigenvalue weighted by atomic mass is 19.1. The van der Waals surface area contributed by atoms with Crippen molar-refractivity contribution in [2.24, 2.45) is 0 Å². The number of nitrogens with one attached hydrogen (secondary N) is 1. The minimum atomic E-state index is -0.461. The molecule has 2 aromatic rings. The second-order valence-corrected chi connectivity index (χ2v) is 6.29. The van der Waals surface area contributed by atoms with Crippen LogP contribution in [0.15, 0.2) is 30.5 Å². The number of hydrogen-bond acceptors (Lipinski definition) is 6. The Balaban J connectivity index is 1.64. The van der Waals surface area contributed by atoms with Gasteiger partial charge in [-0.3, -0.25) is 0 Å². The lowest BCUT2D eigenvalue weighted by Gasteiger charge is -2.34. The van der Waals surface area contributed by atoms with Gasteiger partial charge in [0.1, 0.15) is 23.3 Å². The number of nitriles is 1. The van der Waals surface area contributed by atoms with Gasteiger partial charge in [0.05, 0.1) is 5.69 Å². The molecule has 0 aliphatic carbocycles. The Labute approximate surface area is 146 Å². The van der Waals surface area contributed by atoms with E-state index in [2.05, 4.69) is 20.2 Å². The lowest BCUT2D eigenvalue weighted by molar-refractivity contribution is 0.523. The van der Waals surface area contributed by atoms with E-state index in [1.54, 1.807) is 12.3 Å². The van der Waals surface area contributed by atoms with Gasteiger partial charge in [0, 0.05) is 39.4 Å². The molecule has 0 saturated carbocycles. The first-order valence-corrected chi connectivity index (χ1v) is 8.29. The van der Waals surface area contributed by atoms with E-state index in [9.17, 15) is 9.65 Å². The summed E-state index contributed by atoms with van der Waals surface area (Å²) in [6, 6.07) is 8.92. The van der Waals surface area contributed by atoms with Crippen LogP contribution < -0.4 is 15.1 Å². The summed E-state index contributed by atoms with van der Waals surface area (Å²) >= 11 is 0. The Kier molecular flexibility index (Phi) is 4.98. The summed E-state index contributed by atoms with van der Waals surface area (Å²) in [5.74, 6) is 1.01. The molecule has 1 aromatic carbocycles. The van der Waals surface area contributed by atoms with Crippen LogP contribution >= 0.6 is 0 Å². The predicted molar refractivity (Wildman–Crippen MR) is 96.3 cm³/mol. The maximum absolute atomic E-state index is 13.8. The normalized spacial score (nSPS) is 14.9. The Morgan fingerprint density at radius 1 is 1.28 bits per heavy atom. The second-order valence-electron chi connectivity index (χ2n) is 6.29. The fraction of sp³-hybridized carbons (Fsp3) is 0.389. The first-order chi connectivity index (χ1) is 12.1. The van der Waals surface area contributed by atoms with Crippen LogP contribution in [0.25, 0.3) is 0 Å². The smallest absolute Gasteiger partial charge is 0.226 e. The van der Waals surface area contributed by atoms with Gasteiger partial charge in [-0.1, -0.05) is 6.07 Å². The van der Waals surface area contributed by atoms with Crippen LogP contribution in [0.1, 0.15) is 18.4 Å². The molecule has 1 N–H and O–H groups in total. The van der Waals surface area contributed by atoms with Gasteiger partial charge >= 0.3 is 0 Å². The highest BCUT2D eigenvalue weighted by molar-refractivity contribution is 5.60. The summed E-state index contributed by atoms with van der Waals surface area (Å²) in [6.45, 7) is 1.53. The molecule has 0 unspecified atom stereocenters. The van der Waals surface area contributed by atoms with Crippen molar-refractivity contribution in [3.05, 3.63) is 41.8 Å². The molecule has 0 bridgehead atoms. The predicted octanol–water partition coefficient (Wildman–Crippen LogP) is 2.63. The average Bonchev–Trinajstić information content (AvgIpc) is 2.62. The molecule has 3 rings (SSSR count). The summed E-state index contributed by atoms with van der Waals surface area (Å²) in [5, 5.41) is 12.6. The van der Waals surface area contributed by atoms with Crippen LogP contribution in [0.3, 0.4) is 0 Å². The van der Waals surface area contributed by atoms with Gasteiger partial charge in [-0.25, -0.2) is 9.37 Å². The van der Waals surface area contributed by atoms with Gasteiger partial charge < -0.3 is 15.1 Å². The van der Waals surface area contributed by atoms with Crippen molar-refractivity contribution in [1.82, 2.24) is 9.97 Å². The molecule has 2 heterocycles. The third-order valence-electron chi connectivity index (χ3n) is 4.33. The molecular formula is C18H21FN6. The molecule has 1 fully saturated rings. The first-order valence-electron chi connectivity index (χ1n) is 8.29. The van der Waals surface area contributed by atoms with E-state index < -0.39 is 5.82 Å². The monoisotopic (exact) mass is 340 g/mol. The van der Waals surface area contributed by atoms with Crippen LogP contribution in [-0.4, -0.2) is 43.2 Å². The molecule has 0 atom stereocenters. The molecule has 0 radical (unpaired) electrons. The molecule has 0 spiro atoms. The Hall–Kier alpha value is -2.88. The number of aromatic nitrogens is 2. The fourth-order valence-electron chi connectivity index (χ4n) is 3.01.